The Balaban J connectivity index is 2.40. The van der Waals surface area contributed by atoms with Crippen LogP contribution < -0.4 is 5.32 Å². The van der Waals surface area contributed by atoms with Crippen LogP contribution in [0.15, 0.2) is 48.6 Å². The number of carbonyl (C=O) groups excluding carboxylic acids is 1. The van der Waals surface area contributed by atoms with Crippen molar-refractivity contribution in [2.45, 2.75) is 230 Å². The van der Waals surface area contributed by atoms with Gasteiger partial charge >= 0.3 is 0 Å². The van der Waals surface area contributed by atoms with E-state index in [4.69, 9.17) is 9.47 Å². The maximum Gasteiger partial charge on any atom is 0.220 e. The lowest BCUT2D eigenvalue weighted by molar-refractivity contribution is -0.302. The lowest BCUT2D eigenvalue weighted by atomic mass is 9.99. The highest BCUT2D eigenvalue weighted by Gasteiger charge is 2.44. The minimum Gasteiger partial charge on any atom is -0.394 e. The Morgan fingerprint density at radius 2 is 1.09 bits per heavy atom. The van der Waals surface area contributed by atoms with Gasteiger partial charge in [0.15, 0.2) is 6.29 Å². The van der Waals surface area contributed by atoms with Crippen molar-refractivity contribution in [2.75, 3.05) is 13.2 Å². The maximum absolute atomic E-state index is 12.9. The summed E-state index contributed by atoms with van der Waals surface area (Å²) in [6.07, 6.45) is 40.1. The van der Waals surface area contributed by atoms with Crippen LogP contribution >= 0.6 is 0 Å². The molecule has 1 saturated heterocycles. The van der Waals surface area contributed by atoms with Crippen LogP contribution in [-0.4, -0.2) is 87.5 Å². The Morgan fingerprint density at radius 1 is 0.607 bits per heavy atom. The highest BCUT2D eigenvalue weighted by molar-refractivity contribution is 5.76. The highest BCUT2D eigenvalue weighted by Crippen LogP contribution is 2.22. The van der Waals surface area contributed by atoms with Crippen molar-refractivity contribution in [1.29, 1.82) is 0 Å². The summed E-state index contributed by atoms with van der Waals surface area (Å²) in [5.74, 6) is -0.203. The standard InChI is InChI=1S/C47H85NO8/c1-3-5-7-9-11-13-15-17-19-20-21-22-23-24-26-28-30-32-34-36-41(50)40(39-55-47-46(54)45(53)44(52)42(38-49)56-47)48-43(51)37-35-33-31-29-27-25-18-16-14-12-10-8-6-4-2/h10,12,16,18,26,28,34,36,40-42,44-47,49-50,52-54H,3-9,11,13-15,17,19-25,27,29-33,35,37-39H2,1-2H3,(H,48,51)/b12-10-,18-16-,28-26+,36-34+. The Kier molecular flexibility index (Phi) is 34.9. The number of aliphatic hydroxyl groups is 5. The minimum atomic E-state index is -1.57. The van der Waals surface area contributed by atoms with E-state index < -0.39 is 49.5 Å². The fraction of sp³-hybridized carbons (Fsp3) is 0.809. The number of rotatable bonds is 37. The van der Waals surface area contributed by atoms with Gasteiger partial charge in [0, 0.05) is 6.42 Å². The third-order valence-electron chi connectivity index (χ3n) is 10.6. The predicted octanol–water partition coefficient (Wildman–Crippen LogP) is 9.45. The van der Waals surface area contributed by atoms with Crippen LogP contribution in [0, 0.1) is 0 Å². The van der Waals surface area contributed by atoms with E-state index in [9.17, 15) is 30.3 Å². The molecule has 0 saturated carbocycles. The van der Waals surface area contributed by atoms with E-state index >= 15 is 0 Å². The Labute approximate surface area is 342 Å². The Bertz CT molecular complexity index is 1010. The molecule has 1 aliphatic rings. The second kappa shape index (κ2) is 37.4. The van der Waals surface area contributed by atoms with Crippen LogP contribution in [0.5, 0.6) is 0 Å². The molecule has 1 rings (SSSR count). The monoisotopic (exact) mass is 792 g/mol. The van der Waals surface area contributed by atoms with Crippen molar-refractivity contribution in [2.24, 2.45) is 0 Å². The number of unbranched alkanes of at least 4 members (excludes halogenated alkanes) is 21. The number of ether oxygens (including phenoxy) is 2. The van der Waals surface area contributed by atoms with E-state index in [2.05, 4.69) is 55.6 Å². The average Bonchev–Trinajstić information content (AvgIpc) is 3.20. The largest absolute Gasteiger partial charge is 0.394 e. The first-order valence-corrected chi connectivity index (χ1v) is 22.9. The third-order valence-corrected chi connectivity index (χ3v) is 10.6. The molecule has 1 heterocycles. The second-order valence-corrected chi connectivity index (χ2v) is 15.8. The number of aliphatic hydroxyl groups excluding tert-OH is 5. The van der Waals surface area contributed by atoms with Gasteiger partial charge in [0.2, 0.25) is 5.91 Å². The fourth-order valence-electron chi connectivity index (χ4n) is 6.89. The number of amides is 1. The van der Waals surface area contributed by atoms with Crippen LogP contribution in [-0.2, 0) is 14.3 Å². The summed E-state index contributed by atoms with van der Waals surface area (Å²) in [5, 5.41) is 54.1. The van der Waals surface area contributed by atoms with Crippen LogP contribution in [0.1, 0.15) is 187 Å². The Morgan fingerprint density at radius 3 is 1.66 bits per heavy atom. The molecule has 1 aliphatic heterocycles. The molecule has 0 spiro atoms. The Hall–Kier alpha value is -1.85. The van der Waals surface area contributed by atoms with Crippen molar-refractivity contribution in [3.63, 3.8) is 0 Å². The quantitative estimate of drug-likeness (QED) is 0.0269. The predicted molar refractivity (Wildman–Crippen MR) is 230 cm³/mol. The molecule has 1 fully saturated rings. The SMILES string of the molecule is CCCC/C=C\C/C=C\CCCCCCCC(=O)NC(COC1OC(CO)C(O)C(O)C1O)C(O)/C=C/CC/C=C/CCCCCCCCCCCCCCC. The van der Waals surface area contributed by atoms with Gasteiger partial charge in [-0.1, -0.05) is 172 Å². The second-order valence-electron chi connectivity index (χ2n) is 15.8. The zero-order valence-corrected chi connectivity index (χ0v) is 35.6. The molecule has 0 aromatic heterocycles. The first-order valence-electron chi connectivity index (χ1n) is 22.9. The van der Waals surface area contributed by atoms with Crippen LogP contribution in [0.25, 0.3) is 0 Å². The van der Waals surface area contributed by atoms with Crippen molar-refractivity contribution >= 4 is 5.91 Å². The van der Waals surface area contributed by atoms with Gasteiger partial charge in [-0.3, -0.25) is 4.79 Å². The van der Waals surface area contributed by atoms with Crippen LogP contribution in [0.4, 0.5) is 0 Å². The average molecular weight is 792 g/mol. The normalized spacial score (nSPS) is 21.6. The van der Waals surface area contributed by atoms with Gasteiger partial charge in [0.05, 0.1) is 25.4 Å². The summed E-state index contributed by atoms with van der Waals surface area (Å²) >= 11 is 0. The zero-order valence-electron chi connectivity index (χ0n) is 35.6. The molecule has 7 atom stereocenters. The topological polar surface area (TPSA) is 149 Å². The number of carbonyl (C=O) groups is 1. The molecular formula is C47H85NO8. The van der Waals surface area contributed by atoms with Crippen LogP contribution in [0.2, 0.25) is 0 Å². The van der Waals surface area contributed by atoms with Crippen LogP contribution in [0.3, 0.4) is 0 Å². The van der Waals surface area contributed by atoms with E-state index in [1.54, 1.807) is 6.08 Å². The van der Waals surface area contributed by atoms with Crippen molar-refractivity contribution in [3.05, 3.63) is 48.6 Å². The van der Waals surface area contributed by atoms with Gasteiger partial charge < -0.3 is 40.3 Å². The summed E-state index contributed by atoms with van der Waals surface area (Å²) < 4.78 is 11.2. The summed E-state index contributed by atoms with van der Waals surface area (Å²) in [4.78, 5) is 12.9. The fourth-order valence-corrected chi connectivity index (χ4v) is 6.89. The molecule has 6 N–H and O–H groups in total. The highest BCUT2D eigenvalue weighted by atomic mass is 16.7. The third kappa shape index (κ3) is 27.7. The van der Waals surface area contributed by atoms with E-state index in [1.165, 1.54) is 96.3 Å². The number of allylic oxidation sites excluding steroid dienone is 7. The summed E-state index contributed by atoms with van der Waals surface area (Å²) in [6.45, 7) is 3.70. The minimum absolute atomic E-state index is 0.203. The van der Waals surface area contributed by atoms with Crippen molar-refractivity contribution in [1.82, 2.24) is 5.32 Å². The zero-order chi connectivity index (χ0) is 40.9. The smallest absolute Gasteiger partial charge is 0.220 e. The lowest BCUT2D eigenvalue weighted by Gasteiger charge is -2.40. The van der Waals surface area contributed by atoms with Gasteiger partial charge in [-0.25, -0.2) is 0 Å². The van der Waals surface area contributed by atoms with Gasteiger partial charge in [-0.2, -0.15) is 0 Å². The molecule has 0 radical (unpaired) electrons. The number of hydrogen-bond acceptors (Lipinski definition) is 8. The van der Waals surface area contributed by atoms with E-state index in [0.717, 1.165) is 70.6 Å². The van der Waals surface area contributed by atoms with Gasteiger partial charge in [0.1, 0.15) is 24.4 Å². The number of hydrogen-bond donors (Lipinski definition) is 6. The maximum atomic E-state index is 12.9. The summed E-state index contributed by atoms with van der Waals surface area (Å²) in [7, 11) is 0. The van der Waals surface area contributed by atoms with Crippen molar-refractivity contribution in [3.8, 4) is 0 Å². The van der Waals surface area contributed by atoms with Crippen molar-refractivity contribution < 1.29 is 39.8 Å². The first kappa shape index (κ1) is 52.2. The van der Waals surface area contributed by atoms with E-state index in [-0.39, 0.29) is 12.5 Å². The van der Waals surface area contributed by atoms with E-state index in [1.807, 2.05) is 6.08 Å². The molecule has 0 aromatic carbocycles. The molecule has 1 amide bonds. The first-order chi connectivity index (χ1) is 27.3. The molecule has 0 aromatic rings. The molecule has 0 bridgehead atoms. The summed E-state index contributed by atoms with van der Waals surface area (Å²) in [6, 6.07) is -0.828. The summed E-state index contributed by atoms with van der Waals surface area (Å²) in [5.41, 5.74) is 0. The molecule has 7 unspecified atom stereocenters. The molecule has 0 aliphatic carbocycles. The van der Waals surface area contributed by atoms with Gasteiger partial charge in [0.25, 0.3) is 0 Å². The number of nitrogens with one attached hydrogen (secondary N) is 1. The molecule has 9 nitrogen and oxygen atoms in total. The van der Waals surface area contributed by atoms with Gasteiger partial charge in [-0.15, -0.1) is 0 Å². The molecular weight excluding hydrogens is 707 g/mol. The van der Waals surface area contributed by atoms with Gasteiger partial charge in [-0.05, 0) is 57.8 Å². The molecule has 56 heavy (non-hydrogen) atoms. The van der Waals surface area contributed by atoms with E-state index in [0.29, 0.717) is 6.42 Å². The molecule has 9 heteroatoms. The lowest BCUT2D eigenvalue weighted by Crippen LogP contribution is -2.60. The molecule has 326 valence electrons.